The summed E-state index contributed by atoms with van der Waals surface area (Å²) in [4.78, 5) is 16.9. The maximum Gasteiger partial charge on any atom is 0.400 e. The lowest BCUT2D eigenvalue weighted by atomic mass is 10.2. The molecular weight excluding hydrogens is 439 g/mol. The summed E-state index contributed by atoms with van der Waals surface area (Å²) in [5.74, 6) is 0.159. The minimum Gasteiger partial charge on any atom is -0.485 e. The number of halogens is 3. The number of amidine groups is 1. The summed E-state index contributed by atoms with van der Waals surface area (Å²) in [6, 6.07) is 13.0. The standard InChI is InChI=1S/C20H15Cl3N2O4/c1-11-8-12(21)3-6-17(11)27-10-14-4-7-18(28-14)20(26)29-25-19(24)15-5-2-13(22)9-16(15)23/h2-9H,10H2,1H3,(H2,24,25). The van der Waals surface area contributed by atoms with E-state index in [2.05, 4.69) is 5.16 Å². The van der Waals surface area contributed by atoms with Gasteiger partial charge in [-0.1, -0.05) is 40.0 Å². The van der Waals surface area contributed by atoms with Crippen LogP contribution in [0.1, 0.15) is 27.4 Å². The van der Waals surface area contributed by atoms with Gasteiger partial charge in [-0.3, -0.25) is 0 Å². The van der Waals surface area contributed by atoms with Crippen LogP contribution in [0.25, 0.3) is 0 Å². The first-order valence-corrected chi connectivity index (χ1v) is 9.45. The van der Waals surface area contributed by atoms with Crippen molar-refractivity contribution in [3.05, 3.63) is 86.2 Å². The summed E-state index contributed by atoms with van der Waals surface area (Å²) < 4.78 is 11.1. The molecule has 2 aromatic carbocycles. The third-order valence-electron chi connectivity index (χ3n) is 3.80. The van der Waals surface area contributed by atoms with E-state index in [4.69, 9.17) is 54.5 Å². The lowest BCUT2D eigenvalue weighted by molar-refractivity contribution is 0.0475. The average molecular weight is 454 g/mol. The Hall–Kier alpha value is -2.67. The molecule has 2 N–H and O–H groups in total. The lowest BCUT2D eigenvalue weighted by Crippen LogP contribution is -2.15. The van der Waals surface area contributed by atoms with E-state index in [1.165, 1.54) is 12.1 Å². The van der Waals surface area contributed by atoms with Crippen LogP contribution in [0.4, 0.5) is 0 Å². The maximum atomic E-state index is 12.1. The zero-order chi connectivity index (χ0) is 21.0. The number of oxime groups is 1. The predicted molar refractivity (Wildman–Crippen MR) is 112 cm³/mol. The molecule has 0 aliphatic rings. The Morgan fingerprint density at radius 2 is 1.79 bits per heavy atom. The molecule has 0 spiro atoms. The summed E-state index contributed by atoms with van der Waals surface area (Å²) >= 11 is 17.8. The lowest BCUT2D eigenvalue weighted by Gasteiger charge is -2.07. The Balaban J connectivity index is 1.61. The Bertz CT molecular complexity index is 1080. The Morgan fingerprint density at radius 1 is 1.07 bits per heavy atom. The summed E-state index contributed by atoms with van der Waals surface area (Å²) in [5.41, 5.74) is 7.07. The highest BCUT2D eigenvalue weighted by atomic mass is 35.5. The van der Waals surface area contributed by atoms with Crippen LogP contribution in [0.3, 0.4) is 0 Å². The van der Waals surface area contributed by atoms with Gasteiger partial charge in [-0.25, -0.2) is 4.79 Å². The fraction of sp³-hybridized carbons (Fsp3) is 0.100. The van der Waals surface area contributed by atoms with Crippen molar-refractivity contribution in [2.24, 2.45) is 10.9 Å². The molecule has 1 aromatic heterocycles. The van der Waals surface area contributed by atoms with Gasteiger partial charge in [0.2, 0.25) is 5.76 Å². The van der Waals surface area contributed by atoms with Crippen LogP contribution in [-0.2, 0) is 11.4 Å². The van der Waals surface area contributed by atoms with Gasteiger partial charge in [0.25, 0.3) is 0 Å². The molecule has 1 heterocycles. The summed E-state index contributed by atoms with van der Waals surface area (Å²) in [6.45, 7) is 2.00. The number of nitrogens with zero attached hydrogens (tertiary/aromatic N) is 1. The van der Waals surface area contributed by atoms with Crippen LogP contribution in [0.5, 0.6) is 5.75 Å². The second kappa shape index (κ2) is 9.22. The van der Waals surface area contributed by atoms with Gasteiger partial charge in [0.1, 0.15) is 18.1 Å². The van der Waals surface area contributed by atoms with Crippen molar-refractivity contribution in [3.8, 4) is 5.75 Å². The number of carbonyl (C=O) groups excluding carboxylic acids is 1. The van der Waals surface area contributed by atoms with E-state index in [0.29, 0.717) is 27.1 Å². The SMILES string of the molecule is Cc1cc(Cl)ccc1OCc1ccc(C(=O)O/N=C(\N)c2ccc(Cl)cc2Cl)o1. The van der Waals surface area contributed by atoms with Gasteiger partial charge < -0.3 is 19.7 Å². The molecule has 0 saturated heterocycles. The first-order chi connectivity index (χ1) is 13.8. The van der Waals surface area contributed by atoms with Crippen LogP contribution in [0.15, 0.2) is 58.1 Å². The third kappa shape index (κ3) is 5.44. The summed E-state index contributed by atoms with van der Waals surface area (Å²) in [6.07, 6.45) is 0. The van der Waals surface area contributed by atoms with Crippen LogP contribution in [0.2, 0.25) is 15.1 Å². The molecule has 3 aromatic rings. The topological polar surface area (TPSA) is 87.0 Å². The molecule has 0 aliphatic carbocycles. The fourth-order valence-corrected chi connectivity index (χ4v) is 3.10. The number of hydrogen-bond donors (Lipinski definition) is 1. The van der Waals surface area contributed by atoms with Gasteiger partial charge in [0.15, 0.2) is 5.84 Å². The van der Waals surface area contributed by atoms with Gasteiger partial charge in [-0.2, -0.15) is 0 Å². The molecule has 0 atom stereocenters. The third-order valence-corrected chi connectivity index (χ3v) is 4.59. The van der Waals surface area contributed by atoms with Gasteiger partial charge in [0, 0.05) is 15.6 Å². The maximum absolute atomic E-state index is 12.1. The summed E-state index contributed by atoms with van der Waals surface area (Å²) in [5, 5.41) is 4.95. The Morgan fingerprint density at radius 3 is 2.52 bits per heavy atom. The first kappa shape index (κ1) is 21.0. The highest BCUT2D eigenvalue weighted by Gasteiger charge is 2.15. The number of hydrogen-bond acceptors (Lipinski definition) is 5. The first-order valence-electron chi connectivity index (χ1n) is 8.31. The molecule has 0 saturated carbocycles. The van der Waals surface area contributed by atoms with E-state index in [9.17, 15) is 4.79 Å². The van der Waals surface area contributed by atoms with Crippen molar-refractivity contribution < 1.29 is 18.8 Å². The molecule has 0 unspecified atom stereocenters. The average Bonchev–Trinajstić information content (AvgIpc) is 3.14. The number of nitrogens with two attached hydrogens (primary N) is 1. The Labute approximate surface area is 181 Å². The van der Waals surface area contributed by atoms with E-state index in [1.54, 1.807) is 36.4 Å². The zero-order valence-corrected chi connectivity index (χ0v) is 17.4. The molecule has 29 heavy (non-hydrogen) atoms. The number of benzene rings is 2. The predicted octanol–water partition coefficient (Wildman–Crippen LogP) is 5.60. The van der Waals surface area contributed by atoms with Crippen molar-refractivity contribution in [2.45, 2.75) is 13.5 Å². The number of aryl methyl sites for hydroxylation is 1. The van der Waals surface area contributed by atoms with Gasteiger partial charge >= 0.3 is 5.97 Å². The molecule has 0 bridgehead atoms. The second-order valence-electron chi connectivity index (χ2n) is 5.94. The molecule has 9 heteroatoms. The Kier molecular flexibility index (Phi) is 6.69. The monoisotopic (exact) mass is 452 g/mol. The number of furan rings is 1. The molecule has 6 nitrogen and oxygen atoms in total. The van der Waals surface area contributed by atoms with Gasteiger partial charge in [-0.05, 0) is 61.0 Å². The van der Waals surface area contributed by atoms with Crippen molar-refractivity contribution in [1.29, 1.82) is 0 Å². The van der Waals surface area contributed by atoms with E-state index in [1.807, 2.05) is 6.92 Å². The number of carbonyl (C=O) groups is 1. The van der Waals surface area contributed by atoms with Crippen molar-refractivity contribution in [1.82, 2.24) is 0 Å². The minimum atomic E-state index is -0.813. The zero-order valence-electron chi connectivity index (χ0n) is 15.1. The quantitative estimate of drug-likeness (QED) is 0.227. The molecular formula is C20H15Cl3N2O4. The van der Waals surface area contributed by atoms with E-state index in [-0.39, 0.29) is 23.2 Å². The number of rotatable bonds is 6. The van der Waals surface area contributed by atoms with E-state index >= 15 is 0 Å². The smallest absolute Gasteiger partial charge is 0.400 e. The van der Waals surface area contributed by atoms with Gasteiger partial charge in [0.05, 0.1) is 5.02 Å². The molecule has 0 amide bonds. The fourth-order valence-electron chi connectivity index (χ4n) is 2.37. The molecule has 0 aliphatic heterocycles. The molecule has 3 rings (SSSR count). The van der Waals surface area contributed by atoms with E-state index in [0.717, 1.165) is 5.56 Å². The van der Waals surface area contributed by atoms with E-state index < -0.39 is 5.97 Å². The second-order valence-corrected chi connectivity index (χ2v) is 7.22. The number of ether oxygens (including phenoxy) is 1. The van der Waals surface area contributed by atoms with Gasteiger partial charge in [-0.15, -0.1) is 0 Å². The minimum absolute atomic E-state index is 0.0461. The summed E-state index contributed by atoms with van der Waals surface area (Å²) in [7, 11) is 0. The van der Waals surface area contributed by atoms with Crippen LogP contribution >= 0.6 is 34.8 Å². The van der Waals surface area contributed by atoms with Crippen molar-refractivity contribution >= 4 is 46.6 Å². The highest BCUT2D eigenvalue weighted by Crippen LogP contribution is 2.23. The largest absolute Gasteiger partial charge is 0.485 e. The van der Waals surface area contributed by atoms with Crippen LogP contribution in [-0.4, -0.2) is 11.8 Å². The van der Waals surface area contributed by atoms with Crippen LogP contribution in [0, 0.1) is 6.92 Å². The molecule has 0 fully saturated rings. The normalized spacial score (nSPS) is 11.4. The van der Waals surface area contributed by atoms with Crippen molar-refractivity contribution in [2.75, 3.05) is 0 Å². The molecule has 0 radical (unpaired) electrons. The van der Waals surface area contributed by atoms with Crippen molar-refractivity contribution in [3.63, 3.8) is 0 Å². The van der Waals surface area contributed by atoms with Crippen LogP contribution < -0.4 is 10.5 Å². The molecule has 150 valence electrons. The highest BCUT2D eigenvalue weighted by molar-refractivity contribution is 6.36.